The van der Waals surface area contributed by atoms with E-state index in [9.17, 15) is 34.3 Å². The van der Waals surface area contributed by atoms with Crippen molar-refractivity contribution in [1.29, 1.82) is 0 Å². The van der Waals surface area contributed by atoms with Crippen molar-refractivity contribution < 1.29 is 52.9 Å². The van der Waals surface area contributed by atoms with Crippen LogP contribution in [0.1, 0.15) is 74.5 Å². The van der Waals surface area contributed by atoms with Crippen LogP contribution in [0.5, 0.6) is 17.2 Å². The molecule has 1 aliphatic heterocycles. The molecule has 1 saturated carbocycles. The first kappa shape index (κ1) is 48.3. The van der Waals surface area contributed by atoms with Gasteiger partial charge < -0.3 is 39.3 Å². The Morgan fingerprint density at radius 3 is 2.36 bits per heavy atom. The average molecular weight is 921 g/mol. The molecule has 0 aromatic heterocycles. The lowest BCUT2D eigenvalue weighted by Gasteiger charge is -2.59. The lowest BCUT2D eigenvalue weighted by Crippen LogP contribution is -2.70. The molecule has 0 saturated heterocycles. The van der Waals surface area contributed by atoms with Gasteiger partial charge in [-0.05, 0) is 104 Å². The highest BCUT2D eigenvalue weighted by atomic mass is 19.1. The molecule has 6 atom stereocenters. The zero-order valence-electron chi connectivity index (χ0n) is 37.5. The smallest absolute Gasteiger partial charge is 0.416 e. The van der Waals surface area contributed by atoms with Crippen LogP contribution in [0.25, 0.3) is 0 Å². The van der Waals surface area contributed by atoms with Crippen molar-refractivity contribution in [1.82, 2.24) is 10.2 Å². The van der Waals surface area contributed by atoms with Gasteiger partial charge in [0, 0.05) is 56.3 Å². The topological polar surface area (TPSA) is 192 Å². The number of carbonyl (C=O) groups excluding carboxylic acids is 2. The molecular formula is C51H57FN4O11. The fourth-order valence-electron chi connectivity index (χ4n) is 9.65. The van der Waals surface area contributed by atoms with Crippen molar-refractivity contribution in [3.63, 3.8) is 0 Å². The number of hydrogen-bond donors (Lipinski definition) is 3. The van der Waals surface area contributed by atoms with Crippen LogP contribution in [0.3, 0.4) is 0 Å². The molecule has 0 bridgehead atoms. The Morgan fingerprint density at radius 1 is 0.955 bits per heavy atom. The van der Waals surface area contributed by atoms with Gasteiger partial charge in [-0.3, -0.25) is 15.0 Å². The quantitative estimate of drug-likeness (QED) is 0.0312. The van der Waals surface area contributed by atoms with Crippen molar-refractivity contribution in [2.24, 2.45) is 22.9 Å². The van der Waals surface area contributed by atoms with Crippen molar-refractivity contribution >= 4 is 23.6 Å². The Bertz CT molecular complexity index is 2400. The number of unbranched alkanes of at least 4 members (excludes halogenated alkanes) is 2. The summed E-state index contributed by atoms with van der Waals surface area (Å²) in [6.07, 6.45) is 6.28. The maximum absolute atomic E-state index is 14.9. The van der Waals surface area contributed by atoms with Gasteiger partial charge in [-0.2, -0.15) is 0 Å². The summed E-state index contributed by atoms with van der Waals surface area (Å²) in [5, 5.41) is 38.9. The summed E-state index contributed by atoms with van der Waals surface area (Å²) in [5.74, 6) is -2.73. The minimum atomic E-state index is -1.68. The number of aliphatic hydroxyl groups excluding tert-OH is 2. The monoisotopic (exact) mass is 920 g/mol. The fraction of sp³-hybridized carbons (Fsp3) is 0.392. The van der Waals surface area contributed by atoms with Crippen LogP contribution in [0.2, 0.25) is 0 Å². The molecule has 0 radical (unpaired) electrons. The van der Waals surface area contributed by atoms with Crippen LogP contribution < -0.4 is 19.5 Å². The van der Waals surface area contributed by atoms with E-state index in [1.165, 1.54) is 41.3 Å². The summed E-state index contributed by atoms with van der Waals surface area (Å²) in [6.45, 7) is 6.19. The third-order valence-corrected chi connectivity index (χ3v) is 12.6. The minimum Gasteiger partial charge on any atom is -0.459 e. The summed E-state index contributed by atoms with van der Waals surface area (Å²) in [5.41, 5.74) is 3.32. The Morgan fingerprint density at radius 2 is 1.67 bits per heavy atom. The average Bonchev–Trinajstić information content (AvgIpc) is 3.33. The van der Waals surface area contributed by atoms with E-state index in [1.807, 2.05) is 43.3 Å². The summed E-state index contributed by atoms with van der Waals surface area (Å²) < 4.78 is 40.6. The number of nitrogens with zero attached hydrogens (tertiary/aromatic N) is 3. The van der Waals surface area contributed by atoms with E-state index in [4.69, 9.17) is 28.9 Å². The predicted molar refractivity (Wildman–Crippen MR) is 247 cm³/mol. The lowest BCUT2D eigenvalue weighted by atomic mass is 9.55. The molecule has 1 heterocycles. The van der Waals surface area contributed by atoms with Crippen LogP contribution in [0, 0.1) is 33.7 Å². The van der Waals surface area contributed by atoms with Crippen molar-refractivity contribution in [2.45, 2.75) is 82.7 Å². The van der Waals surface area contributed by atoms with E-state index in [-0.39, 0.29) is 75.0 Å². The fourth-order valence-corrected chi connectivity index (χ4v) is 9.65. The van der Waals surface area contributed by atoms with Gasteiger partial charge in [0.05, 0.1) is 23.2 Å². The number of amides is 2. The normalized spacial score (nSPS) is 22.0. The van der Waals surface area contributed by atoms with Crippen LogP contribution >= 0.6 is 0 Å². The second-order valence-corrected chi connectivity index (χ2v) is 16.8. The van der Waals surface area contributed by atoms with Gasteiger partial charge >= 0.3 is 12.2 Å². The van der Waals surface area contributed by atoms with E-state index < -0.39 is 46.6 Å². The van der Waals surface area contributed by atoms with Gasteiger partial charge in [-0.25, -0.2) is 14.0 Å². The molecule has 3 N–H and O–H groups in total. The van der Waals surface area contributed by atoms with E-state index in [0.717, 1.165) is 29.5 Å². The Labute approximate surface area is 389 Å². The van der Waals surface area contributed by atoms with Gasteiger partial charge in [0.15, 0.2) is 0 Å². The second-order valence-electron chi connectivity index (χ2n) is 16.8. The Kier molecular flexibility index (Phi) is 16.4. The number of ether oxygens (including phenoxy) is 4. The molecule has 4 aromatic carbocycles. The molecule has 6 unspecified atom stereocenters. The number of carbonyl (C=O) groups is 2. The molecule has 15 nitrogen and oxygen atoms in total. The number of non-ortho nitro benzene ring substituents is 1. The third-order valence-electron chi connectivity index (χ3n) is 12.6. The van der Waals surface area contributed by atoms with Crippen molar-refractivity contribution in [3.8, 4) is 17.2 Å². The number of nitrogens with one attached hydrogen (secondary N) is 1. The zero-order chi connectivity index (χ0) is 47.3. The largest absolute Gasteiger partial charge is 0.459 e. The molecule has 3 aliphatic rings. The summed E-state index contributed by atoms with van der Waals surface area (Å²) in [6, 6.07) is 24.5. The van der Waals surface area contributed by atoms with Crippen molar-refractivity contribution in [3.05, 3.63) is 154 Å². The summed E-state index contributed by atoms with van der Waals surface area (Å²) >= 11 is 0. The van der Waals surface area contributed by atoms with Crippen LogP contribution in [0.15, 0.2) is 127 Å². The van der Waals surface area contributed by atoms with Crippen molar-refractivity contribution in [2.75, 3.05) is 26.4 Å². The van der Waals surface area contributed by atoms with Crippen LogP contribution in [-0.2, 0) is 22.7 Å². The van der Waals surface area contributed by atoms with E-state index in [2.05, 4.69) is 18.0 Å². The van der Waals surface area contributed by atoms with Crippen LogP contribution in [0.4, 0.5) is 19.7 Å². The second kappa shape index (κ2) is 22.7. The van der Waals surface area contributed by atoms with Gasteiger partial charge in [0.25, 0.3) is 5.69 Å². The zero-order valence-corrected chi connectivity index (χ0v) is 37.5. The third kappa shape index (κ3) is 11.3. The lowest BCUT2D eigenvalue weighted by molar-refractivity contribution is -0.384. The number of nitro benzene ring substituents is 1. The number of fused-ring (bicyclic) bond motifs is 2. The van der Waals surface area contributed by atoms with Gasteiger partial charge in [0.2, 0.25) is 5.79 Å². The first-order valence-corrected chi connectivity index (χ1v) is 22.8. The molecule has 16 heteroatoms. The molecule has 2 aliphatic carbocycles. The Hall–Kier alpha value is -6.62. The van der Waals surface area contributed by atoms with E-state index >= 15 is 0 Å². The Balaban J connectivity index is 1.40. The summed E-state index contributed by atoms with van der Waals surface area (Å²) in [4.78, 5) is 46.4. The number of benzene rings is 4. The minimum absolute atomic E-state index is 0.00169. The first-order chi connectivity index (χ1) is 32.6. The number of nitro groups is 1. The molecule has 7 rings (SSSR count). The number of halogens is 1. The number of rotatable bonds is 21. The highest BCUT2D eigenvalue weighted by molar-refractivity contribution is 6.03. The maximum Gasteiger partial charge on any atom is 0.416 e. The number of hydrogen-bond acceptors (Lipinski definition) is 12. The predicted octanol–water partition coefficient (Wildman–Crippen LogP) is 9.38. The van der Waals surface area contributed by atoms with E-state index in [0.29, 0.717) is 42.7 Å². The molecule has 1 fully saturated rings. The molecular weight excluding hydrogens is 864 g/mol. The molecule has 4 aromatic rings. The number of oxime groups is 1. The first-order valence-electron chi connectivity index (χ1n) is 22.8. The van der Waals surface area contributed by atoms with Gasteiger partial charge in [-0.1, -0.05) is 72.6 Å². The highest BCUT2D eigenvalue weighted by Gasteiger charge is 2.65. The SMILES string of the molecule is C=CCOC12Oc3ccc(OC(=O)NCc4ccccc4)cc3C3C(CCCCO)C(CCCCO)C=C(C(=NOCC)CC1N(Cc1ccc(F)cc1)C(=O)Oc1ccc([N+](=O)[O-])cc1)C32. The number of allylic oxidation sites excluding steroid dienone is 1. The standard InChI is InChI=1S/C51H57FN4O11/c1-3-28-63-51-46(55(33-35-16-18-37(52)19-17-35)50(60)66-39-22-20-38(21-23-39)56(61)62)31-44(54-64-4-2)42-29-36(14-8-10-26-57)41(15-9-11-27-58)47(48(42)51)43-30-40(24-25-45(43)67-51)65-49(59)53-32-34-12-6-5-7-13-34/h3,5-7,12-13,16-25,29-30,36,41,46-48,57-58H,1,4,8-11,14-15,26-28,31-33H2,2H3,(H,53,59). The van der Waals surface area contributed by atoms with Gasteiger partial charge in [0.1, 0.15) is 35.7 Å². The number of aliphatic hydroxyl groups is 2. The molecule has 0 spiro atoms. The maximum atomic E-state index is 14.9. The van der Waals surface area contributed by atoms with Gasteiger partial charge in [-0.15, -0.1) is 6.58 Å². The van der Waals surface area contributed by atoms with E-state index in [1.54, 1.807) is 30.3 Å². The summed E-state index contributed by atoms with van der Waals surface area (Å²) in [7, 11) is 0. The highest BCUT2D eigenvalue weighted by Crippen LogP contribution is 2.62. The van der Waals surface area contributed by atoms with Crippen LogP contribution in [-0.4, -0.2) is 76.2 Å². The molecule has 67 heavy (non-hydrogen) atoms. The molecule has 2 amide bonds. The molecule has 354 valence electrons.